The SMILES string of the molecule is COc1ccc(NC(=O)CN2c3ccccc3S(=O)(=O)c3ccccc32)cc1OC. The number of hydrogen-bond donors (Lipinski definition) is 1. The van der Waals surface area contributed by atoms with Crippen molar-refractivity contribution in [1.82, 2.24) is 0 Å². The molecule has 3 aromatic carbocycles. The quantitative estimate of drug-likeness (QED) is 0.673. The van der Waals surface area contributed by atoms with E-state index in [9.17, 15) is 13.2 Å². The first kappa shape index (κ1) is 19.8. The van der Waals surface area contributed by atoms with Crippen molar-refractivity contribution >= 4 is 32.8 Å². The van der Waals surface area contributed by atoms with Gasteiger partial charge in [-0.2, -0.15) is 0 Å². The van der Waals surface area contributed by atoms with Crippen molar-refractivity contribution in [3.05, 3.63) is 66.7 Å². The number of fused-ring (bicyclic) bond motifs is 2. The first-order chi connectivity index (χ1) is 14.5. The van der Waals surface area contributed by atoms with Crippen LogP contribution in [0.4, 0.5) is 17.1 Å². The van der Waals surface area contributed by atoms with Crippen LogP contribution in [0.1, 0.15) is 0 Å². The van der Waals surface area contributed by atoms with Gasteiger partial charge in [0, 0.05) is 11.8 Å². The van der Waals surface area contributed by atoms with E-state index in [0.29, 0.717) is 28.6 Å². The molecule has 0 unspecified atom stereocenters. The Balaban J connectivity index is 1.66. The van der Waals surface area contributed by atoms with Crippen LogP contribution in [0, 0.1) is 0 Å². The highest BCUT2D eigenvalue weighted by molar-refractivity contribution is 7.92. The van der Waals surface area contributed by atoms with Gasteiger partial charge in [-0.05, 0) is 36.4 Å². The molecule has 4 rings (SSSR count). The first-order valence-electron chi connectivity index (χ1n) is 9.18. The van der Waals surface area contributed by atoms with Crippen LogP contribution in [-0.4, -0.2) is 35.1 Å². The third-order valence-corrected chi connectivity index (χ3v) is 6.71. The van der Waals surface area contributed by atoms with Crippen LogP contribution in [0.3, 0.4) is 0 Å². The Kier molecular flexibility index (Phi) is 5.09. The van der Waals surface area contributed by atoms with Crippen LogP contribution in [0.25, 0.3) is 0 Å². The molecule has 3 aromatic rings. The van der Waals surface area contributed by atoms with E-state index in [1.165, 1.54) is 14.2 Å². The summed E-state index contributed by atoms with van der Waals surface area (Å²) in [5, 5.41) is 2.83. The molecule has 0 saturated heterocycles. The van der Waals surface area contributed by atoms with Gasteiger partial charge in [0.1, 0.15) is 6.54 Å². The van der Waals surface area contributed by atoms with E-state index < -0.39 is 9.84 Å². The molecule has 0 atom stereocenters. The number of hydrogen-bond acceptors (Lipinski definition) is 6. The van der Waals surface area contributed by atoms with Crippen molar-refractivity contribution in [3.63, 3.8) is 0 Å². The van der Waals surface area contributed by atoms with Gasteiger partial charge >= 0.3 is 0 Å². The zero-order chi connectivity index (χ0) is 21.3. The Morgan fingerprint density at radius 3 is 2.00 bits per heavy atom. The van der Waals surface area contributed by atoms with Crippen molar-refractivity contribution in [2.45, 2.75) is 9.79 Å². The highest BCUT2D eigenvalue weighted by atomic mass is 32.2. The van der Waals surface area contributed by atoms with Gasteiger partial charge < -0.3 is 19.7 Å². The number of carbonyl (C=O) groups is 1. The minimum absolute atomic E-state index is 0.0576. The molecule has 7 nitrogen and oxygen atoms in total. The van der Waals surface area contributed by atoms with E-state index in [0.717, 1.165) is 0 Å². The normalized spacial score (nSPS) is 13.7. The topological polar surface area (TPSA) is 84.9 Å². The largest absolute Gasteiger partial charge is 0.493 e. The molecule has 0 radical (unpaired) electrons. The van der Waals surface area contributed by atoms with Crippen LogP contribution in [0.2, 0.25) is 0 Å². The molecule has 0 aliphatic carbocycles. The van der Waals surface area contributed by atoms with Gasteiger partial charge in [0.05, 0.1) is 35.4 Å². The maximum Gasteiger partial charge on any atom is 0.244 e. The fraction of sp³-hybridized carbons (Fsp3) is 0.136. The van der Waals surface area contributed by atoms with Crippen molar-refractivity contribution in [2.24, 2.45) is 0 Å². The average Bonchev–Trinajstić information content (AvgIpc) is 2.76. The number of benzene rings is 3. The monoisotopic (exact) mass is 424 g/mol. The second kappa shape index (κ2) is 7.72. The highest BCUT2D eigenvalue weighted by Gasteiger charge is 2.34. The molecule has 0 aromatic heterocycles. The van der Waals surface area contributed by atoms with Crippen molar-refractivity contribution in [3.8, 4) is 11.5 Å². The molecule has 1 aliphatic heterocycles. The van der Waals surface area contributed by atoms with Gasteiger partial charge in [0.25, 0.3) is 0 Å². The summed E-state index contributed by atoms with van der Waals surface area (Å²) >= 11 is 0. The summed E-state index contributed by atoms with van der Waals surface area (Å²) in [6.07, 6.45) is 0. The van der Waals surface area contributed by atoms with E-state index in [1.807, 2.05) is 0 Å². The van der Waals surface area contributed by atoms with Crippen molar-refractivity contribution in [2.75, 3.05) is 31.0 Å². The van der Waals surface area contributed by atoms with Gasteiger partial charge in [0.2, 0.25) is 15.7 Å². The maximum absolute atomic E-state index is 13.0. The van der Waals surface area contributed by atoms with Crippen LogP contribution >= 0.6 is 0 Å². The molecule has 1 amide bonds. The predicted octanol–water partition coefficient (Wildman–Crippen LogP) is 3.63. The number of carbonyl (C=O) groups excluding carboxylic acids is 1. The fourth-order valence-corrected chi connectivity index (χ4v) is 5.15. The molecule has 1 heterocycles. The molecule has 0 spiro atoms. The number of ether oxygens (including phenoxy) is 2. The Bertz CT molecular complexity index is 1170. The molecule has 0 bridgehead atoms. The van der Waals surface area contributed by atoms with Crippen LogP contribution < -0.4 is 19.7 Å². The van der Waals surface area contributed by atoms with Gasteiger partial charge in [-0.15, -0.1) is 0 Å². The van der Waals surface area contributed by atoms with Gasteiger partial charge in [-0.1, -0.05) is 24.3 Å². The van der Waals surface area contributed by atoms with Gasteiger partial charge in [0.15, 0.2) is 11.5 Å². The molecule has 1 aliphatic rings. The number of anilines is 3. The molecule has 8 heteroatoms. The fourth-order valence-electron chi connectivity index (χ4n) is 3.49. The number of para-hydroxylation sites is 2. The average molecular weight is 424 g/mol. The van der Waals surface area contributed by atoms with Crippen molar-refractivity contribution in [1.29, 1.82) is 0 Å². The zero-order valence-corrected chi connectivity index (χ0v) is 17.3. The Morgan fingerprint density at radius 1 is 0.867 bits per heavy atom. The van der Waals surface area contributed by atoms with Crippen molar-refractivity contribution < 1.29 is 22.7 Å². The van der Waals surface area contributed by atoms with Gasteiger partial charge in [-0.25, -0.2) is 8.42 Å². The van der Waals surface area contributed by atoms with Gasteiger partial charge in [-0.3, -0.25) is 4.79 Å². The maximum atomic E-state index is 13.0. The third-order valence-electron chi connectivity index (χ3n) is 4.86. The minimum atomic E-state index is -3.65. The second-order valence-electron chi connectivity index (χ2n) is 6.64. The standard InChI is InChI=1S/C22H20N2O5S/c1-28-18-12-11-15(13-19(18)29-2)23-22(25)14-24-16-7-3-5-9-20(16)30(26,27)21-10-6-4-8-17(21)24/h3-13H,14H2,1-2H3,(H,23,25). The van der Waals surface area contributed by atoms with Crippen LogP contribution in [0.15, 0.2) is 76.5 Å². The first-order valence-corrected chi connectivity index (χ1v) is 10.7. The number of amides is 1. The summed E-state index contributed by atoms with van der Waals surface area (Å²) in [5.74, 6) is 0.751. The summed E-state index contributed by atoms with van der Waals surface area (Å²) in [6.45, 7) is -0.0576. The Labute approximate surface area is 174 Å². The lowest BCUT2D eigenvalue weighted by Gasteiger charge is -2.32. The lowest BCUT2D eigenvalue weighted by Crippen LogP contribution is -2.33. The zero-order valence-electron chi connectivity index (χ0n) is 16.5. The number of rotatable bonds is 5. The molecule has 0 fully saturated rings. The molecular formula is C22H20N2O5S. The lowest BCUT2D eigenvalue weighted by atomic mass is 10.2. The van der Waals surface area contributed by atoms with Crippen LogP contribution in [0.5, 0.6) is 11.5 Å². The Hall–Kier alpha value is -3.52. The van der Waals surface area contributed by atoms with E-state index >= 15 is 0 Å². The lowest BCUT2D eigenvalue weighted by molar-refractivity contribution is -0.114. The number of nitrogens with one attached hydrogen (secondary N) is 1. The highest BCUT2D eigenvalue weighted by Crippen LogP contribution is 2.43. The summed E-state index contributed by atoms with van der Waals surface area (Å²) in [7, 11) is -0.593. The van der Waals surface area contributed by atoms with E-state index in [-0.39, 0.29) is 22.2 Å². The van der Waals surface area contributed by atoms with E-state index in [2.05, 4.69) is 5.32 Å². The summed E-state index contributed by atoms with van der Waals surface area (Å²) < 4.78 is 36.5. The number of methoxy groups -OCH3 is 2. The predicted molar refractivity (Wildman–Crippen MR) is 114 cm³/mol. The van der Waals surface area contributed by atoms with E-state index in [4.69, 9.17) is 9.47 Å². The molecule has 1 N–H and O–H groups in total. The summed E-state index contributed by atoms with van der Waals surface area (Å²) in [6, 6.07) is 18.4. The minimum Gasteiger partial charge on any atom is -0.493 e. The number of sulfone groups is 1. The smallest absolute Gasteiger partial charge is 0.244 e. The molecule has 30 heavy (non-hydrogen) atoms. The molecular weight excluding hydrogens is 404 g/mol. The summed E-state index contributed by atoms with van der Waals surface area (Å²) in [4.78, 5) is 14.9. The second-order valence-corrected chi connectivity index (χ2v) is 8.53. The van der Waals surface area contributed by atoms with E-state index in [1.54, 1.807) is 71.6 Å². The van der Waals surface area contributed by atoms with Crippen LogP contribution in [-0.2, 0) is 14.6 Å². The Morgan fingerprint density at radius 2 is 1.43 bits per heavy atom. The molecule has 0 saturated carbocycles. The summed E-state index contributed by atoms with van der Waals surface area (Å²) in [5.41, 5.74) is 1.49. The third kappa shape index (κ3) is 3.35. The molecule has 154 valence electrons. The number of nitrogens with zero attached hydrogens (tertiary/aromatic N) is 1.